The van der Waals surface area contributed by atoms with Crippen LogP contribution in [0.15, 0.2) is 41.3 Å². The molecule has 0 amide bonds. The molecule has 0 heterocycles. The Kier molecular flexibility index (Phi) is 4.70. The van der Waals surface area contributed by atoms with E-state index in [2.05, 4.69) is 10.1 Å². The number of hydrogen-bond donors (Lipinski definition) is 2. The Labute approximate surface area is 126 Å². The maximum atomic E-state index is 13.9. The second-order valence-corrected chi connectivity index (χ2v) is 5.14. The molecular formula is C15H15FN2O2S. The molecule has 0 bridgehead atoms. The summed E-state index contributed by atoms with van der Waals surface area (Å²) < 4.78 is 18.6. The van der Waals surface area contributed by atoms with Gasteiger partial charge >= 0.3 is 5.97 Å². The summed E-state index contributed by atoms with van der Waals surface area (Å²) in [6.45, 7) is 0. The molecule has 0 aromatic heterocycles. The summed E-state index contributed by atoms with van der Waals surface area (Å²) in [5.41, 5.74) is 6.68. The van der Waals surface area contributed by atoms with Crippen LogP contribution in [0.1, 0.15) is 10.4 Å². The smallest absolute Gasteiger partial charge is 0.340 e. The monoisotopic (exact) mass is 306 g/mol. The summed E-state index contributed by atoms with van der Waals surface area (Å²) in [6.07, 6.45) is 1.98. The average Bonchev–Trinajstić information content (AvgIpc) is 2.50. The van der Waals surface area contributed by atoms with Crippen LogP contribution in [0, 0.1) is 5.82 Å². The number of carbonyl (C=O) groups excluding carboxylic acids is 1. The third-order valence-electron chi connectivity index (χ3n) is 2.91. The second-order valence-electron chi connectivity index (χ2n) is 4.26. The van der Waals surface area contributed by atoms with Crippen molar-refractivity contribution in [3.63, 3.8) is 0 Å². The van der Waals surface area contributed by atoms with Crippen molar-refractivity contribution < 1.29 is 13.9 Å². The largest absolute Gasteiger partial charge is 0.465 e. The number of esters is 1. The van der Waals surface area contributed by atoms with E-state index in [4.69, 9.17) is 5.73 Å². The predicted octanol–water partition coefficient (Wildman–Crippen LogP) is 3.66. The summed E-state index contributed by atoms with van der Waals surface area (Å²) in [4.78, 5) is 12.7. The molecule has 4 nitrogen and oxygen atoms in total. The number of nitrogens with one attached hydrogen (secondary N) is 1. The quantitative estimate of drug-likeness (QED) is 0.513. The van der Waals surface area contributed by atoms with E-state index >= 15 is 0 Å². The number of nitrogen functional groups attached to an aromatic ring is 1. The first kappa shape index (κ1) is 15.2. The molecule has 0 unspecified atom stereocenters. The number of benzene rings is 2. The van der Waals surface area contributed by atoms with Crippen LogP contribution in [0.25, 0.3) is 0 Å². The molecule has 0 aliphatic rings. The van der Waals surface area contributed by atoms with E-state index < -0.39 is 11.8 Å². The number of rotatable bonds is 4. The third kappa shape index (κ3) is 3.46. The first-order valence-corrected chi connectivity index (χ1v) is 7.36. The fraction of sp³-hybridized carbons (Fsp3) is 0.133. The summed E-state index contributed by atoms with van der Waals surface area (Å²) in [5.74, 6) is -1.14. The molecule has 0 saturated carbocycles. The van der Waals surface area contributed by atoms with Gasteiger partial charge in [0.1, 0.15) is 5.82 Å². The molecule has 2 aromatic carbocycles. The zero-order valence-corrected chi connectivity index (χ0v) is 12.5. The van der Waals surface area contributed by atoms with E-state index in [-0.39, 0.29) is 16.9 Å². The van der Waals surface area contributed by atoms with Gasteiger partial charge < -0.3 is 15.8 Å². The van der Waals surface area contributed by atoms with E-state index in [1.165, 1.54) is 13.2 Å². The second kappa shape index (κ2) is 6.49. The van der Waals surface area contributed by atoms with Crippen LogP contribution in [-0.2, 0) is 4.74 Å². The summed E-state index contributed by atoms with van der Waals surface area (Å²) in [7, 11) is 1.25. The zero-order chi connectivity index (χ0) is 15.4. The Bertz CT molecular complexity index is 659. The van der Waals surface area contributed by atoms with E-state index in [0.29, 0.717) is 5.69 Å². The lowest BCUT2D eigenvalue weighted by Crippen LogP contribution is -2.07. The van der Waals surface area contributed by atoms with Gasteiger partial charge in [0.15, 0.2) is 0 Å². The summed E-state index contributed by atoms with van der Waals surface area (Å²) >= 11 is 1.62. The number of carbonyl (C=O) groups is 1. The van der Waals surface area contributed by atoms with Gasteiger partial charge in [0.25, 0.3) is 0 Å². The van der Waals surface area contributed by atoms with Crippen LogP contribution in [0.2, 0.25) is 0 Å². The average molecular weight is 306 g/mol. The minimum Gasteiger partial charge on any atom is -0.465 e. The Morgan fingerprint density at radius 1 is 1.29 bits per heavy atom. The molecule has 0 spiro atoms. The van der Waals surface area contributed by atoms with Gasteiger partial charge in [-0.25, -0.2) is 9.18 Å². The molecule has 0 atom stereocenters. The van der Waals surface area contributed by atoms with Gasteiger partial charge in [-0.2, -0.15) is 0 Å². The van der Waals surface area contributed by atoms with Crippen molar-refractivity contribution in [1.29, 1.82) is 0 Å². The van der Waals surface area contributed by atoms with Crippen molar-refractivity contribution in [2.45, 2.75) is 4.90 Å². The topological polar surface area (TPSA) is 64.3 Å². The molecule has 21 heavy (non-hydrogen) atoms. The normalized spacial score (nSPS) is 10.2. The Hall–Kier alpha value is -2.21. The highest BCUT2D eigenvalue weighted by Gasteiger charge is 2.14. The van der Waals surface area contributed by atoms with Crippen LogP contribution in [0.4, 0.5) is 21.5 Å². The van der Waals surface area contributed by atoms with E-state index in [0.717, 1.165) is 11.0 Å². The maximum Gasteiger partial charge on any atom is 0.340 e. The van der Waals surface area contributed by atoms with Gasteiger partial charge in [-0.15, -0.1) is 11.8 Å². The van der Waals surface area contributed by atoms with Crippen molar-refractivity contribution in [2.24, 2.45) is 0 Å². The van der Waals surface area contributed by atoms with Crippen LogP contribution in [-0.4, -0.2) is 19.3 Å². The Balaban J connectivity index is 2.32. The van der Waals surface area contributed by atoms with E-state index in [1.54, 1.807) is 11.8 Å². The number of hydrogen-bond acceptors (Lipinski definition) is 5. The maximum absolute atomic E-state index is 13.9. The van der Waals surface area contributed by atoms with Gasteiger partial charge in [0.2, 0.25) is 0 Å². The van der Waals surface area contributed by atoms with Gasteiger partial charge in [-0.05, 0) is 42.7 Å². The van der Waals surface area contributed by atoms with Crippen molar-refractivity contribution in [3.05, 3.63) is 47.8 Å². The van der Waals surface area contributed by atoms with Gasteiger partial charge in [0, 0.05) is 16.3 Å². The molecule has 2 aromatic rings. The van der Waals surface area contributed by atoms with Crippen LogP contribution >= 0.6 is 11.8 Å². The molecule has 0 aliphatic carbocycles. The minimum atomic E-state index is -0.603. The van der Waals surface area contributed by atoms with Crippen molar-refractivity contribution >= 4 is 34.8 Å². The van der Waals surface area contributed by atoms with Crippen molar-refractivity contribution in [2.75, 3.05) is 24.4 Å². The lowest BCUT2D eigenvalue weighted by atomic mass is 10.1. The number of nitrogens with two attached hydrogens (primary N) is 1. The first-order valence-electron chi connectivity index (χ1n) is 6.13. The first-order chi connectivity index (χ1) is 10.0. The number of anilines is 3. The van der Waals surface area contributed by atoms with Crippen molar-refractivity contribution in [1.82, 2.24) is 0 Å². The number of halogens is 1. The highest BCUT2D eigenvalue weighted by atomic mass is 32.2. The number of thioether (sulfide) groups is 1. The van der Waals surface area contributed by atoms with Crippen LogP contribution in [0.3, 0.4) is 0 Å². The predicted molar refractivity (Wildman–Crippen MR) is 83.7 cm³/mol. The van der Waals surface area contributed by atoms with E-state index in [1.807, 2.05) is 30.5 Å². The number of ether oxygens (including phenoxy) is 1. The molecule has 3 N–H and O–H groups in total. The highest BCUT2D eigenvalue weighted by molar-refractivity contribution is 7.98. The fourth-order valence-corrected chi connectivity index (χ4v) is 2.21. The van der Waals surface area contributed by atoms with Crippen molar-refractivity contribution in [3.8, 4) is 0 Å². The van der Waals surface area contributed by atoms with Crippen LogP contribution in [0.5, 0.6) is 0 Å². The van der Waals surface area contributed by atoms with E-state index in [9.17, 15) is 9.18 Å². The molecule has 0 radical (unpaired) electrons. The Morgan fingerprint density at radius 2 is 1.95 bits per heavy atom. The van der Waals surface area contributed by atoms with Crippen LogP contribution < -0.4 is 11.1 Å². The molecule has 110 valence electrons. The lowest BCUT2D eigenvalue weighted by Gasteiger charge is -2.11. The summed E-state index contributed by atoms with van der Waals surface area (Å²) in [5, 5.41) is 2.92. The Morgan fingerprint density at radius 3 is 2.52 bits per heavy atom. The summed E-state index contributed by atoms with van der Waals surface area (Å²) in [6, 6.07) is 9.95. The molecular weight excluding hydrogens is 291 g/mol. The third-order valence-corrected chi connectivity index (χ3v) is 3.66. The molecule has 6 heteroatoms. The molecule has 2 rings (SSSR count). The highest BCUT2D eigenvalue weighted by Crippen LogP contribution is 2.27. The zero-order valence-electron chi connectivity index (χ0n) is 11.6. The van der Waals surface area contributed by atoms with Gasteiger partial charge in [-0.1, -0.05) is 0 Å². The number of methoxy groups -OCH3 is 1. The minimum absolute atomic E-state index is 0.0441. The van der Waals surface area contributed by atoms with Gasteiger partial charge in [0.05, 0.1) is 18.4 Å². The molecule has 0 saturated heterocycles. The fourth-order valence-electron chi connectivity index (χ4n) is 1.80. The standard InChI is InChI=1S/C15H15FN2O2S/c1-20-15(19)11-7-14(12(16)8-13(11)17)18-9-3-5-10(21-2)6-4-9/h3-8,18H,17H2,1-2H3. The SMILES string of the molecule is COC(=O)c1cc(Nc2ccc(SC)cc2)c(F)cc1N. The van der Waals surface area contributed by atoms with Gasteiger partial charge in [-0.3, -0.25) is 0 Å². The lowest BCUT2D eigenvalue weighted by molar-refractivity contribution is 0.0602. The molecule has 0 fully saturated rings. The molecule has 0 aliphatic heterocycles.